The Balaban J connectivity index is 2.06. The van der Waals surface area contributed by atoms with Crippen molar-refractivity contribution >= 4 is 33.1 Å². The molecule has 0 bridgehead atoms. The maximum Gasteiger partial charge on any atom is 0.148 e. The summed E-state index contributed by atoms with van der Waals surface area (Å²) in [5.41, 5.74) is 6.40. The number of hydrogen-bond donors (Lipinski definition) is 2. The van der Waals surface area contributed by atoms with Crippen LogP contribution >= 0.6 is 27.3 Å². The van der Waals surface area contributed by atoms with E-state index < -0.39 is 0 Å². The first-order chi connectivity index (χ1) is 8.69. The molecule has 2 heterocycles. The van der Waals surface area contributed by atoms with Crippen LogP contribution in [0.25, 0.3) is 10.6 Å². The van der Waals surface area contributed by atoms with Crippen molar-refractivity contribution < 1.29 is 0 Å². The van der Waals surface area contributed by atoms with E-state index in [0.29, 0.717) is 12.6 Å². The number of thiophene rings is 1. The minimum atomic E-state index is 0.311. The zero-order valence-corrected chi connectivity index (χ0v) is 12.5. The zero-order valence-electron chi connectivity index (χ0n) is 10.1. The summed E-state index contributed by atoms with van der Waals surface area (Å²) in [6.45, 7) is 2.75. The lowest BCUT2D eigenvalue weighted by atomic mass is 10.2. The second-order valence-electron chi connectivity index (χ2n) is 4.03. The fourth-order valence-corrected chi connectivity index (χ4v) is 2.92. The summed E-state index contributed by atoms with van der Waals surface area (Å²) in [4.78, 5) is 1.11. The van der Waals surface area contributed by atoms with Crippen molar-refractivity contribution in [2.45, 2.75) is 19.4 Å². The first-order valence-electron chi connectivity index (χ1n) is 5.75. The lowest BCUT2D eigenvalue weighted by Gasteiger charge is -2.12. The predicted octanol–water partition coefficient (Wildman–Crippen LogP) is 3.12. The highest BCUT2D eigenvalue weighted by Crippen LogP contribution is 2.29. The van der Waals surface area contributed by atoms with Gasteiger partial charge in [-0.25, -0.2) is 0 Å². The van der Waals surface area contributed by atoms with Crippen molar-refractivity contribution in [3.8, 4) is 10.6 Å². The summed E-state index contributed by atoms with van der Waals surface area (Å²) in [6, 6.07) is 8.28. The first kappa shape index (κ1) is 13.5. The SMILES string of the molecule is CC(CCN)Nc1ccc(-c2ccc(Br)s2)nn1. The Morgan fingerprint density at radius 3 is 2.72 bits per heavy atom. The van der Waals surface area contributed by atoms with E-state index >= 15 is 0 Å². The van der Waals surface area contributed by atoms with Crippen molar-refractivity contribution in [3.05, 3.63) is 28.1 Å². The summed E-state index contributed by atoms with van der Waals surface area (Å²) in [6.07, 6.45) is 0.918. The molecule has 0 radical (unpaired) electrons. The van der Waals surface area contributed by atoms with Gasteiger partial charge in [0.05, 0.1) is 8.66 Å². The summed E-state index contributed by atoms with van der Waals surface area (Å²) in [7, 11) is 0. The number of nitrogens with two attached hydrogens (primary N) is 1. The number of aromatic nitrogens is 2. The van der Waals surface area contributed by atoms with Crippen molar-refractivity contribution in [1.29, 1.82) is 0 Å². The van der Waals surface area contributed by atoms with Crippen LogP contribution < -0.4 is 11.1 Å². The van der Waals surface area contributed by atoms with E-state index in [2.05, 4.69) is 38.4 Å². The van der Waals surface area contributed by atoms with Crippen molar-refractivity contribution in [3.63, 3.8) is 0 Å². The fraction of sp³-hybridized carbons (Fsp3) is 0.333. The van der Waals surface area contributed by atoms with E-state index in [1.165, 1.54) is 0 Å². The minimum Gasteiger partial charge on any atom is -0.366 e. The van der Waals surface area contributed by atoms with Gasteiger partial charge in [-0.15, -0.1) is 21.5 Å². The average Bonchev–Trinajstić information content (AvgIpc) is 2.77. The van der Waals surface area contributed by atoms with Crippen molar-refractivity contribution in [2.24, 2.45) is 5.73 Å². The van der Waals surface area contributed by atoms with Crippen LogP contribution in [0.4, 0.5) is 5.82 Å². The molecule has 0 amide bonds. The Morgan fingerprint density at radius 1 is 1.33 bits per heavy atom. The summed E-state index contributed by atoms with van der Waals surface area (Å²) >= 11 is 5.09. The topological polar surface area (TPSA) is 63.8 Å². The van der Waals surface area contributed by atoms with Gasteiger partial charge in [0, 0.05) is 6.04 Å². The molecular formula is C12H15BrN4S. The van der Waals surface area contributed by atoms with Gasteiger partial charge in [-0.05, 0) is 60.1 Å². The van der Waals surface area contributed by atoms with E-state index in [0.717, 1.165) is 26.6 Å². The van der Waals surface area contributed by atoms with Crippen LogP contribution in [0.5, 0.6) is 0 Å². The van der Waals surface area contributed by atoms with Crippen LogP contribution in [0.2, 0.25) is 0 Å². The Kier molecular flexibility index (Phi) is 4.68. The molecule has 1 unspecified atom stereocenters. The van der Waals surface area contributed by atoms with Gasteiger partial charge in [0.1, 0.15) is 11.5 Å². The molecule has 18 heavy (non-hydrogen) atoms. The molecule has 0 aliphatic rings. The van der Waals surface area contributed by atoms with Crippen molar-refractivity contribution in [1.82, 2.24) is 10.2 Å². The number of halogens is 1. The van der Waals surface area contributed by atoms with E-state index in [9.17, 15) is 0 Å². The summed E-state index contributed by atoms with van der Waals surface area (Å²) in [5.74, 6) is 0.787. The molecule has 6 heteroatoms. The van der Waals surface area contributed by atoms with Crippen molar-refractivity contribution in [2.75, 3.05) is 11.9 Å². The quantitative estimate of drug-likeness (QED) is 0.886. The lowest BCUT2D eigenvalue weighted by Crippen LogP contribution is -2.20. The molecule has 2 rings (SSSR count). The van der Waals surface area contributed by atoms with E-state index in [-0.39, 0.29) is 0 Å². The van der Waals surface area contributed by atoms with Crippen LogP contribution in [-0.2, 0) is 0 Å². The second-order valence-corrected chi connectivity index (χ2v) is 6.49. The molecule has 2 aromatic rings. The monoisotopic (exact) mass is 326 g/mol. The number of anilines is 1. The third-order valence-electron chi connectivity index (χ3n) is 2.48. The Labute approximate surface area is 119 Å². The summed E-state index contributed by atoms with van der Waals surface area (Å²) < 4.78 is 1.10. The van der Waals surface area contributed by atoms with Gasteiger partial charge in [-0.2, -0.15) is 0 Å². The normalized spacial score (nSPS) is 12.4. The van der Waals surface area contributed by atoms with Crippen LogP contribution in [0.1, 0.15) is 13.3 Å². The fourth-order valence-electron chi connectivity index (χ4n) is 1.57. The molecule has 0 fully saturated rings. The lowest BCUT2D eigenvalue weighted by molar-refractivity contribution is 0.711. The number of nitrogens with zero attached hydrogens (tertiary/aromatic N) is 2. The highest BCUT2D eigenvalue weighted by molar-refractivity contribution is 9.11. The molecule has 0 saturated carbocycles. The third-order valence-corrected chi connectivity index (χ3v) is 4.13. The van der Waals surface area contributed by atoms with Gasteiger partial charge in [-0.3, -0.25) is 0 Å². The standard InChI is InChI=1S/C12H15BrN4S/c1-8(6-7-14)15-12-5-2-9(16-17-12)10-3-4-11(13)18-10/h2-5,8H,6-7,14H2,1H3,(H,15,17). The van der Waals surface area contributed by atoms with Gasteiger partial charge in [0.15, 0.2) is 0 Å². The van der Waals surface area contributed by atoms with Gasteiger partial charge in [0.25, 0.3) is 0 Å². The van der Waals surface area contributed by atoms with Crippen LogP contribution in [0.3, 0.4) is 0 Å². The highest BCUT2D eigenvalue weighted by Gasteiger charge is 2.05. The minimum absolute atomic E-state index is 0.311. The maximum absolute atomic E-state index is 5.51. The second kappa shape index (κ2) is 6.26. The third kappa shape index (κ3) is 3.51. The van der Waals surface area contributed by atoms with E-state index in [1.807, 2.05) is 24.3 Å². The predicted molar refractivity (Wildman–Crippen MR) is 79.8 cm³/mol. The van der Waals surface area contributed by atoms with Gasteiger partial charge >= 0.3 is 0 Å². The van der Waals surface area contributed by atoms with Crippen LogP contribution in [-0.4, -0.2) is 22.8 Å². The Morgan fingerprint density at radius 2 is 2.17 bits per heavy atom. The van der Waals surface area contributed by atoms with E-state index in [1.54, 1.807) is 11.3 Å². The molecule has 0 spiro atoms. The molecule has 0 aliphatic carbocycles. The molecule has 2 aromatic heterocycles. The first-order valence-corrected chi connectivity index (χ1v) is 7.36. The number of hydrogen-bond acceptors (Lipinski definition) is 5. The van der Waals surface area contributed by atoms with Crippen LogP contribution in [0.15, 0.2) is 28.1 Å². The average molecular weight is 327 g/mol. The highest BCUT2D eigenvalue weighted by atomic mass is 79.9. The molecule has 1 atom stereocenters. The molecular weight excluding hydrogens is 312 g/mol. The molecule has 0 aliphatic heterocycles. The van der Waals surface area contributed by atoms with Gasteiger partial charge in [-0.1, -0.05) is 0 Å². The molecule has 4 nitrogen and oxygen atoms in total. The van der Waals surface area contributed by atoms with E-state index in [4.69, 9.17) is 5.73 Å². The Hall–Kier alpha value is -0.980. The van der Waals surface area contributed by atoms with Gasteiger partial charge in [0.2, 0.25) is 0 Å². The number of nitrogens with one attached hydrogen (secondary N) is 1. The molecule has 3 N–H and O–H groups in total. The zero-order chi connectivity index (χ0) is 13.0. The maximum atomic E-state index is 5.51. The summed E-state index contributed by atoms with van der Waals surface area (Å²) in [5, 5.41) is 11.7. The number of rotatable bonds is 5. The Bertz CT molecular complexity index is 497. The molecule has 0 saturated heterocycles. The largest absolute Gasteiger partial charge is 0.366 e. The molecule has 0 aromatic carbocycles. The molecule has 96 valence electrons. The van der Waals surface area contributed by atoms with Crippen LogP contribution in [0, 0.1) is 0 Å². The smallest absolute Gasteiger partial charge is 0.148 e. The van der Waals surface area contributed by atoms with Gasteiger partial charge < -0.3 is 11.1 Å².